The molecule has 0 aliphatic carbocycles. The molecule has 4 rings (SSSR count). The van der Waals surface area contributed by atoms with Gasteiger partial charge in [0, 0.05) is 37.9 Å². The summed E-state index contributed by atoms with van der Waals surface area (Å²) in [5.41, 5.74) is 0.260. The van der Waals surface area contributed by atoms with Crippen molar-refractivity contribution in [2.75, 3.05) is 31.1 Å². The van der Waals surface area contributed by atoms with Gasteiger partial charge in [-0.1, -0.05) is 18.2 Å². The van der Waals surface area contributed by atoms with Crippen LogP contribution >= 0.6 is 0 Å². The second kappa shape index (κ2) is 8.25. The minimum absolute atomic E-state index is 0.285. The summed E-state index contributed by atoms with van der Waals surface area (Å²) in [4.78, 5) is 25.2. The quantitative estimate of drug-likeness (QED) is 0.618. The molecule has 32 heavy (non-hydrogen) atoms. The summed E-state index contributed by atoms with van der Waals surface area (Å²) in [6.45, 7) is 6.89. The Hall–Kier alpha value is -3.43. The van der Waals surface area contributed by atoms with Gasteiger partial charge in [-0.25, -0.2) is 14.6 Å². The number of alkyl halides is 3. The maximum Gasteiger partial charge on any atom is 0.434 e. The molecule has 0 atom stereocenters. The SMILES string of the molecule is Cc1cc(N2CCN(C(=O)c3cnn(-c4ccccc4C)c3C(F)(F)F)CC2)nc(C)n1. The van der Waals surface area contributed by atoms with Crippen molar-refractivity contribution >= 4 is 11.7 Å². The zero-order valence-electron chi connectivity index (χ0n) is 18.0. The molecular formula is C22H23F3N6O. The number of aromatic nitrogens is 4. The standard InChI is InChI=1S/C22H23F3N6O/c1-14-6-4-5-7-18(14)31-20(22(23,24)25)17(13-26-31)21(32)30-10-8-29(9-11-30)19-12-15(2)27-16(3)28-19/h4-7,12-13H,8-11H2,1-3H3. The number of para-hydroxylation sites is 1. The lowest BCUT2D eigenvalue weighted by atomic mass is 10.1. The van der Waals surface area contributed by atoms with Crippen molar-refractivity contribution in [1.82, 2.24) is 24.6 Å². The number of piperazine rings is 1. The highest BCUT2D eigenvalue weighted by atomic mass is 19.4. The number of hydrogen-bond acceptors (Lipinski definition) is 5. The van der Waals surface area contributed by atoms with Crippen LogP contribution in [0.15, 0.2) is 36.5 Å². The Kier molecular flexibility index (Phi) is 5.62. The molecule has 1 aliphatic heterocycles. The Morgan fingerprint density at radius 1 is 1.00 bits per heavy atom. The van der Waals surface area contributed by atoms with Crippen molar-refractivity contribution in [1.29, 1.82) is 0 Å². The monoisotopic (exact) mass is 444 g/mol. The number of hydrogen-bond donors (Lipinski definition) is 0. The smallest absolute Gasteiger partial charge is 0.353 e. The van der Waals surface area contributed by atoms with Gasteiger partial charge in [0.2, 0.25) is 0 Å². The number of aryl methyl sites for hydroxylation is 3. The number of halogens is 3. The molecule has 2 aromatic heterocycles. The van der Waals surface area contributed by atoms with Crippen molar-refractivity contribution in [3.63, 3.8) is 0 Å². The van der Waals surface area contributed by atoms with Crippen molar-refractivity contribution in [2.45, 2.75) is 26.9 Å². The maximum absolute atomic E-state index is 14.0. The fraction of sp³-hybridized carbons (Fsp3) is 0.364. The molecule has 7 nitrogen and oxygen atoms in total. The Morgan fingerprint density at radius 3 is 2.31 bits per heavy atom. The lowest BCUT2D eigenvalue weighted by molar-refractivity contribution is -0.143. The van der Waals surface area contributed by atoms with E-state index in [1.54, 1.807) is 38.1 Å². The molecule has 3 heterocycles. The van der Waals surface area contributed by atoms with Gasteiger partial charge >= 0.3 is 6.18 Å². The number of nitrogens with zero attached hydrogens (tertiary/aromatic N) is 6. The summed E-state index contributed by atoms with van der Waals surface area (Å²) in [7, 11) is 0. The van der Waals surface area contributed by atoms with Gasteiger partial charge in [-0.2, -0.15) is 18.3 Å². The first-order valence-corrected chi connectivity index (χ1v) is 10.2. The minimum atomic E-state index is -4.73. The van der Waals surface area contributed by atoms with Crippen LogP contribution in [-0.4, -0.2) is 56.7 Å². The lowest BCUT2D eigenvalue weighted by Crippen LogP contribution is -2.49. The van der Waals surface area contributed by atoms with E-state index in [0.29, 0.717) is 24.5 Å². The van der Waals surface area contributed by atoms with Gasteiger partial charge in [0.15, 0.2) is 5.69 Å². The second-order valence-electron chi connectivity index (χ2n) is 7.80. The molecule has 0 N–H and O–H groups in total. The summed E-state index contributed by atoms with van der Waals surface area (Å²) >= 11 is 0. The summed E-state index contributed by atoms with van der Waals surface area (Å²) < 4.78 is 42.8. The van der Waals surface area contributed by atoms with E-state index in [-0.39, 0.29) is 18.8 Å². The van der Waals surface area contributed by atoms with E-state index in [2.05, 4.69) is 15.1 Å². The van der Waals surface area contributed by atoms with Crippen LogP contribution in [0.4, 0.5) is 19.0 Å². The summed E-state index contributed by atoms with van der Waals surface area (Å²) in [5.74, 6) is 0.731. The normalized spacial score (nSPS) is 14.7. The average Bonchev–Trinajstić information content (AvgIpc) is 3.18. The number of amides is 1. The van der Waals surface area contributed by atoms with Gasteiger partial charge in [0.1, 0.15) is 11.6 Å². The lowest BCUT2D eigenvalue weighted by Gasteiger charge is -2.35. The van der Waals surface area contributed by atoms with Gasteiger partial charge in [-0.3, -0.25) is 4.79 Å². The molecule has 10 heteroatoms. The molecule has 0 bridgehead atoms. The Balaban J connectivity index is 1.59. The van der Waals surface area contributed by atoms with Crippen LogP contribution in [0, 0.1) is 20.8 Å². The number of anilines is 1. The molecule has 0 unspecified atom stereocenters. The molecule has 1 amide bonds. The highest BCUT2D eigenvalue weighted by Crippen LogP contribution is 2.35. The zero-order valence-corrected chi connectivity index (χ0v) is 18.0. The number of carbonyl (C=O) groups excluding carboxylic acids is 1. The molecule has 3 aromatic rings. The number of carbonyl (C=O) groups is 1. The Bertz CT molecular complexity index is 1130. The highest BCUT2D eigenvalue weighted by Gasteiger charge is 2.42. The maximum atomic E-state index is 14.0. The van der Waals surface area contributed by atoms with E-state index in [1.807, 2.05) is 17.9 Å². The first-order chi connectivity index (χ1) is 15.1. The Morgan fingerprint density at radius 2 is 1.69 bits per heavy atom. The zero-order chi connectivity index (χ0) is 23.0. The van der Waals surface area contributed by atoms with E-state index in [1.165, 1.54) is 4.90 Å². The third-order valence-corrected chi connectivity index (χ3v) is 5.46. The molecule has 0 saturated carbocycles. The van der Waals surface area contributed by atoms with E-state index in [4.69, 9.17) is 0 Å². The molecule has 1 saturated heterocycles. The summed E-state index contributed by atoms with van der Waals surface area (Å²) in [6, 6.07) is 8.49. The van der Waals surface area contributed by atoms with Crippen LogP contribution < -0.4 is 4.90 Å². The van der Waals surface area contributed by atoms with Crippen LogP contribution in [-0.2, 0) is 6.18 Å². The van der Waals surface area contributed by atoms with Crippen molar-refractivity contribution in [2.24, 2.45) is 0 Å². The topological polar surface area (TPSA) is 67.2 Å². The first kappa shape index (κ1) is 21.8. The van der Waals surface area contributed by atoms with Crippen molar-refractivity contribution < 1.29 is 18.0 Å². The van der Waals surface area contributed by atoms with E-state index in [9.17, 15) is 18.0 Å². The molecule has 1 aliphatic rings. The van der Waals surface area contributed by atoms with Crippen molar-refractivity contribution in [3.8, 4) is 5.69 Å². The van der Waals surface area contributed by atoms with E-state index in [0.717, 1.165) is 22.4 Å². The van der Waals surface area contributed by atoms with Gasteiger partial charge in [-0.05, 0) is 32.4 Å². The third-order valence-electron chi connectivity index (χ3n) is 5.46. The first-order valence-electron chi connectivity index (χ1n) is 10.2. The van der Waals surface area contributed by atoms with Gasteiger partial charge in [-0.15, -0.1) is 0 Å². The predicted molar refractivity (Wildman–Crippen MR) is 113 cm³/mol. The molecule has 1 aromatic carbocycles. The summed E-state index contributed by atoms with van der Waals surface area (Å²) in [5, 5.41) is 3.93. The largest absolute Gasteiger partial charge is 0.434 e. The molecule has 1 fully saturated rings. The highest BCUT2D eigenvalue weighted by molar-refractivity contribution is 5.95. The van der Waals surface area contributed by atoms with Gasteiger partial charge in [0.05, 0.1) is 17.4 Å². The number of rotatable bonds is 3. The van der Waals surface area contributed by atoms with E-state index >= 15 is 0 Å². The Labute approximate surface area is 183 Å². The van der Waals surface area contributed by atoms with Crippen LogP contribution in [0.5, 0.6) is 0 Å². The van der Waals surface area contributed by atoms with Crippen molar-refractivity contribution in [3.05, 3.63) is 64.9 Å². The predicted octanol–water partition coefficient (Wildman–Crippen LogP) is 3.57. The fourth-order valence-corrected chi connectivity index (χ4v) is 3.93. The van der Waals surface area contributed by atoms with Crippen LogP contribution in [0.1, 0.15) is 33.1 Å². The molecular weight excluding hydrogens is 421 g/mol. The van der Waals surface area contributed by atoms with Gasteiger partial charge in [0.25, 0.3) is 5.91 Å². The molecule has 168 valence electrons. The van der Waals surface area contributed by atoms with Crippen LogP contribution in [0.2, 0.25) is 0 Å². The fourth-order valence-electron chi connectivity index (χ4n) is 3.93. The second-order valence-corrected chi connectivity index (χ2v) is 7.80. The minimum Gasteiger partial charge on any atom is -0.353 e. The van der Waals surface area contributed by atoms with Crippen LogP contribution in [0.3, 0.4) is 0 Å². The molecule has 0 radical (unpaired) electrons. The summed E-state index contributed by atoms with van der Waals surface area (Å²) in [6.07, 6.45) is -3.72. The van der Waals surface area contributed by atoms with Gasteiger partial charge < -0.3 is 9.80 Å². The third kappa shape index (κ3) is 4.17. The number of benzene rings is 1. The molecule has 0 spiro atoms. The van der Waals surface area contributed by atoms with E-state index < -0.39 is 23.3 Å². The average molecular weight is 444 g/mol. The van der Waals surface area contributed by atoms with Crippen LogP contribution in [0.25, 0.3) is 5.69 Å².